The molecule has 3 amide bonds. The molecule has 3 rings (SSSR count). The first-order valence-corrected chi connectivity index (χ1v) is 10.1. The second kappa shape index (κ2) is 8.94. The Hall–Kier alpha value is -2.48. The van der Waals surface area contributed by atoms with Gasteiger partial charge in [-0.25, -0.2) is 4.98 Å². The molecular weight excluding hydrogens is 364 g/mol. The van der Waals surface area contributed by atoms with Crippen molar-refractivity contribution in [2.45, 2.75) is 45.4 Å². The smallest absolute Gasteiger partial charge is 0.224 e. The predicted octanol–water partition coefficient (Wildman–Crippen LogP) is 3.38. The molecule has 0 bridgehead atoms. The summed E-state index contributed by atoms with van der Waals surface area (Å²) in [5.74, 6) is -0.286. The quantitative estimate of drug-likeness (QED) is 0.821. The molecular formula is C19H24N4O3S. The lowest BCUT2D eigenvalue weighted by Crippen LogP contribution is -2.32. The van der Waals surface area contributed by atoms with E-state index >= 15 is 0 Å². The number of amides is 3. The van der Waals surface area contributed by atoms with Crippen molar-refractivity contribution in [1.29, 1.82) is 0 Å². The van der Waals surface area contributed by atoms with Gasteiger partial charge in [0.25, 0.3) is 0 Å². The van der Waals surface area contributed by atoms with Crippen molar-refractivity contribution in [2.75, 3.05) is 23.7 Å². The molecule has 1 fully saturated rings. The van der Waals surface area contributed by atoms with Gasteiger partial charge in [-0.15, -0.1) is 0 Å². The summed E-state index contributed by atoms with van der Waals surface area (Å²) in [5.41, 5.74) is 1.42. The van der Waals surface area contributed by atoms with E-state index in [9.17, 15) is 14.4 Å². The monoisotopic (exact) mass is 388 g/mol. The summed E-state index contributed by atoms with van der Waals surface area (Å²) in [6, 6.07) is 5.40. The molecule has 27 heavy (non-hydrogen) atoms. The summed E-state index contributed by atoms with van der Waals surface area (Å²) >= 11 is 1.35. The molecule has 0 spiro atoms. The van der Waals surface area contributed by atoms with Crippen molar-refractivity contribution in [3.05, 3.63) is 18.2 Å². The largest absolute Gasteiger partial charge is 0.343 e. The number of benzene rings is 1. The molecule has 1 aliphatic heterocycles. The summed E-state index contributed by atoms with van der Waals surface area (Å²) in [7, 11) is 0. The first-order valence-electron chi connectivity index (χ1n) is 9.27. The summed E-state index contributed by atoms with van der Waals surface area (Å²) in [5, 5.41) is 6.03. The van der Waals surface area contributed by atoms with Gasteiger partial charge in [0, 0.05) is 38.5 Å². The maximum Gasteiger partial charge on any atom is 0.224 e. The van der Waals surface area contributed by atoms with Gasteiger partial charge in [-0.3, -0.25) is 14.4 Å². The van der Waals surface area contributed by atoms with E-state index in [1.165, 1.54) is 31.1 Å². The third-order valence-corrected chi connectivity index (χ3v) is 5.41. The molecule has 8 heteroatoms. The van der Waals surface area contributed by atoms with Gasteiger partial charge in [-0.1, -0.05) is 24.2 Å². The van der Waals surface area contributed by atoms with Crippen LogP contribution < -0.4 is 10.6 Å². The van der Waals surface area contributed by atoms with Gasteiger partial charge < -0.3 is 15.5 Å². The van der Waals surface area contributed by atoms with Crippen LogP contribution in [-0.4, -0.2) is 40.7 Å². The molecule has 1 aromatic carbocycles. The fourth-order valence-corrected chi connectivity index (χ4v) is 4.08. The Kier molecular flexibility index (Phi) is 6.39. The molecule has 144 valence electrons. The highest BCUT2D eigenvalue weighted by Gasteiger charge is 2.16. The third kappa shape index (κ3) is 5.50. The zero-order valence-electron chi connectivity index (χ0n) is 15.4. The van der Waals surface area contributed by atoms with Crippen LogP contribution in [0.15, 0.2) is 18.2 Å². The van der Waals surface area contributed by atoms with Gasteiger partial charge in [-0.2, -0.15) is 0 Å². The maximum atomic E-state index is 12.3. The molecule has 0 radical (unpaired) electrons. The van der Waals surface area contributed by atoms with E-state index < -0.39 is 0 Å². The normalized spacial score (nSPS) is 14.6. The summed E-state index contributed by atoms with van der Waals surface area (Å²) in [6.45, 7) is 3.04. The molecule has 0 unspecified atom stereocenters. The summed E-state index contributed by atoms with van der Waals surface area (Å²) in [6.07, 6.45) is 4.86. The van der Waals surface area contributed by atoms with E-state index in [-0.39, 0.29) is 30.6 Å². The molecule has 0 aliphatic carbocycles. The number of nitrogens with one attached hydrogen (secondary N) is 2. The van der Waals surface area contributed by atoms with Gasteiger partial charge in [-0.05, 0) is 31.0 Å². The Balaban J connectivity index is 1.53. The molecule has 7 nitrogen and oxygen atoms in total. The molecule has 0 saturated carbocycles. The number of carbonyl (C=O) groups excluding carboxylic acids is 3. The van der Waals surface area contributed by atoms with Gasteiger partial charge in [0.15, 0.2) is 5.13 Å². The van der Waals surface area contributed by atoms with Gasteiger partial charge in [0.05, 0.1) is 10.2 Å². The van der Waals surface area contributed by atoms with E-state index in [0.29, 0.717) is 10.8 Å². The number of thiazole rings is 1. The fourth-order valence-electron chi connectivity index (χ4n) is 3.13. The highest BCUT2D eigenvalue weighted by molar-refractivity contribution is 7.22. The summed E-state index contributed by atoms with van der Waals surface area (Å²) in [4.78, 5) is 41.8. The molecule has 2 aromatic rings. The SMILES string of the molecule is CC(=O)Nc1nc2ccc(NC(=O)CCC(=O)N3CCCCCC3)cc2s1. The van der Waals surface area contributed by atoms with Crippen molar-refractivity contribution in [3.8, 4) is 0 Å². The number of anilines is 2. The van der Waals surface area contributed by atoms with Crippen LogP contribution in [0.1, 0.15) is 45.4 Å². The Morgan fingerprint density at radius 2 is 1.81 bits per heavy atom. The van der Waals surface area contributed by atoms with E-state index in [4.69, 9.17) is 0 Å². The number of carbonyl (C=O) groups is 3. The van der Waals surface area contributed by atoms with Crippen molar-refractivity contribution in [1.82, 2.24) is 9.88 Å². The van der Waals surface area contributed by atoms with E-state index in [1.54, 1.807) is 12.1 Å². The lowest BCUT2D eigenvalue weighted by molar-refractivity contribution is -0.132. The topological polar surface area (TPSA) is 91.4 Å². The highest BCUT2D eigenvalue weighted by Crippen LogP contribution is 2.28. The molecule has 1 saturated heterocycles. The molecule has 1 aliphatic rings. The number of hydrogen-bond acceptors (Lipinski definition) is 5. The predicted molar refractivity (Wildman–Crippen MR) is 107 cm³/mol. The van der Waals surface area contributed by atoms with Crippen LogP contribution in [0.2, 0.25) is 0 Å². The van der Waals surface area contributed by atoms with Crippen LogP contribution >= 0.6 is 11.3 Å². The van der Waals surface area contributed by atoms with Crippen LogP contribution in [0, 0.1) is 0 Å². The summed E-state index contributed by atoms with van der Waals surface area (Å²) < 4.78 is 0.872. The number of hydrogen-bond donors (Lipinski definition) is 2. The van der Waals surface area contributed by atoms with Crippen molar-refractivity contribution < 1.29 is 14.4 Å². The first kappa shape index (κ1) is 19.3. The van der Waals surface area contributed by atoms with Crippen LogP contribution in [0.25, 0.3) is 10.2 Å². The number of fused-ring (bicyclic) bond motifs is 1. The highest BCUT2D eigenvalue weighted by atomic mass is 32.1. The molecule has 2 heterocycles. The van der Waals surface area contributed by atoms with Crippen LogP contribution in [0.3, 0.4) is 0 Å². The number of aromatic nitrogens is 1. The van der Waals surface area contributed by atoms with Gasteiger partial charge in [0.1, 0.15) is 0 Å². The van der Waals surface area contributed by atoms with Gasteiger partial charge in [0.2, 0.25) is 17.7 Å². The zero-order valence-corrected chi connectivity index (χ0v) is 16.2. The Labute approximate surface area is 162 Å². The number of rotatable bonds is 5. The van der Waals surface area contributed by atoms with Crippen molar-refractivity contribution in [2.24, 2.45) is 0 Å². The molecule has 1 aromatic heterocycles. The van der Waals surface area contributed by atoms with E-state index in [0.717, 1.165) is 36.1 Å². The van der Waals surface area contributed by atoms with Crippen LogP contribution in [0.5, 0.6) is 0 Å². The number of nitrogens with zero attached hydrogens (tertiary/aromatic N) is 2. The minimum atomic E-state index is -0.177. The van der Waals surface area contributed by atoms with Crippen molar-refractivity contribution >= 4 is 50.1 Å². The Morgan fingerprint density at radius 3 is 2.52 bits per heavy atom. The minimum Gasteiger partial charge on any atom is -0.343 e. The second-order valence-corrected chi connectivity index (χ2v) is 7.76. The average Bonchev–Trinajstić information content (AvgIpc) is 2.82. The lowest BCUT2D eigenvalue weighted by atomic mass is 10.2. The maximum absolute atomic E-state index is 12.3. The minimum absolute atomic E-state index is 0.0601. The first-order chi connectivity index (χ1) is 13.0. The van der Waals surface area contributed by atoms with Crippen molar-refractivity contribution in [3.63, 3.8) is 0 Å². The third-order valence-electron chi connectivity index (χ3n) is 4.48. The van der Waals surface area contributed by atoms with Gasteiger partial charge >= 0.3 is 0 Å². The number of likely N-dealkylation sites (tertiary alicyclic amines) is 1. The standard InChI is InChI=1S/C19H24N4O3S/c1-13(24)20-19-22-15-7-6-14(12-16(15)27-19)21-17(25)8-9-18(26)23-10-4-2-3-5-11-23/h6-7,12H,2-5,8-11H2,1H3,(H,21,25)(H,20,22,24). The van der Waals surface area contributed by atoms with Crippen LogP contribution in [0.4, 0.5) is 10.8 Å². The lowest BCUT2D eigenvalue weighted by Gasteiger charge is -2.20. The van der Waals surface area contributed by atoms with E-state index in [2.05, 4.69) is 15.6 Å². The molecule has 2 N–H and O–H groups in total. The second-order valence-electron chi connectivity index (χ2n) is 6.73. The Bertz CT molecular complexity index is 841. The fraction of sp³-hybridized carbons (Fsp3) is 0.474. The average molecular weight is 388 g/mol. The zero-order chi connectivity index (χ0) is 19.2. The van der Waals surface area contributed by atoms with E-state index in [1.807, 2.05) is 11.0 Å². The van der Waals surface area contributed by atoms with Crippen LogP contribution in [-0.2, 0) is 14.4 Å². The molecule has 0 atom stereocenters. The Morgan fingerprint density at radius 1 is 1.07 bits per heavy atom.